The smallest absolute Gasteiger partial charge is 0.0494 e. The van der Waals surface area contributed by atoms with Gasteiger partial charge in [-0.15, -0.1) is 0 Å². The minimum absolute atomic E-state index is 0.811. The summed E-state index contributed by atoms with van der Waals surface area (Å²) in [6.07, 6.45) is 5.79. The Balaban J connectivity index is 1.51. The predicted octanol–water partition coefficient (Wildman–Crippen LogP) is 3.10. The molecule has 0 radical (unpaired) electrons. The summed E-state index contributed by atoms with van der Waals surface area (Å²) in [5.41, 5.74) is 0. The van der Waals surface area contributed by atoms with Gasteiger partial charge in [-0.1, -0.05) is 13.8 Å². The molecule has 0 amide bonds. The van der Waals surface area contributed by atoms with Gasteiger partial charge in [0.25, 0.3) is 0 Å². The molecule has 0 aromatic carbocycles. The molecule has 2 unspecified atom stereocenters. The van der Waals surface area contributed by atoms with Crippen LogP contribution in [0.1, 0.15) is 39.5 Å². The van der Waals surface area contributed by atoms with E-state index < -0.39 is 0 Å². The van der Waals surface area contributed by atoms with E-state index in [0.29, 0.717) is 0 Å². The van der Waals surface area contributed by atoms with Crippen LogP contribution in [0.2, 0.25) is 0 Å². The normalized spacial score (nSPS) is 27.2. The van der Waals surface area contributed by atoms with Crippen LogP contribution in [0.15, 0.2) is 0 Å². The van der Waals surface area contributed by atoms with Crippen molar-refractivity contribution in [3.05, 3.63) is 0 Å². The van der Waals surface area contributed by atoms with Gasteiger partial charge < -0.3 is 4.74 Å². The Morgan fingerprint density at radius 3 is 1.62 bits per heavy atom. The molecule has 0 aromatic heterocycles. The molecule has 2 fully saturated rings. The van der Waals surface area contributed by atoms with Crippen molar-refractivity contribution in [1.82, 2.24) is 0 Å². The molecule has 0 heterocycles. The molecule has 2 atom stereocenters. The van der Waals surface area contributed by atoms with Crippen molar-refractivity contribution in [1.29, 1.82) is 0 Å². The standard InChI is InChI=1S/C12H22O/c1-9(11-3-4-11)7-13-8-10(2)12-5-6-12/h9-12H,3-8H2,1-2H3. The number of rotatable bonds is 6. The summed E-state index contributed by atoms with van der Waals surface area (Å²) in [7, 11) is 0. The Morgan fingerprint density at radius 1 is 0.923 bits per heavy atom. The summed E-state index contributed by atoms with van der Waals surface area (Å²) in [5, 5.41) is 0. The third kappa shape index (κ3) is 2.98. The Bertz CT molecular complexity index is 141. The molecule has 0 N–H and O–H groups in total. The average Bonchev–Trinajstić information content (AvgIpc) is 2.95. The van der Waals surface area contributed by atoms with Crippen LogP contribution in [0.4, 0.5) is 0 Å². The highest BCUT2D eigenvalue weighted by atomic mass is 16.5. The van der Waals surface area contributed by atoms with E-state index in [1.54, 1.807) is 0 Å². The zero-order chi connectivity index (χ0) is 9.26. The first-order chi connectivity index (χ1) is 6.27. The maximum Gasteiger partial charge on any atom is 0.0494 e. The van der Waals surface area contributed by atoms with Crippen molar-refractivity contribution in [3.8, 4) is 0 Å². The van der Waals surface area contributed by atoms with Crippen LogP contribution in [0.3, 0.4) is 0 Å². The van der Waals surface area contributed by atoms with Crippen molar-refractivity contribution >= 4 is 0 Å². The van der Waals surface area contributed by atoms with Crippen LogP contribution in [-0.2, 0) is 4.74 Å². The fourth-order valence-electron chi connectivity index (χ4n) is 2.04. The molecular formula is C12H22O. The molecule has 2 aliphatic carbocycles. The quantitative estimate of drug-likeness (QED) is 0.613. The van der Waals surface area contributed by atoms with E-state index in [1.807, 2.05) is 0 Å². The van der Waals surface area contributed by atoms with Crippen molar-refractivity contribution < 1.29 is 4.74 Å². The first-order valence-corrected chi connectivity index (χ1v) is 5.85. The second-order valence-electron chi connectivity index (χ2n) is 5.17. The van der Waals surface area contributed by atoms with Crippen molar-refractivity contribution in [2.24, 2.45) is 23.7 Å². The number of hydrogen-bond donors (Lipinski definition) is 0. The first kappa shape index (κ1) is 9.51. The molecule has 2 saturated carbocycles. The van der Waals surface area contributed by atoms with Gasteiger partial charge in [0, 0.05) is 13.2 Å². The molecule has 2 aliphatic rings. The Kier molecular flexibility index (Phi) is 2.92. The molecule has 0 spiro atoms. The van der Waals surface area contributed by atoms with Gasteiger partial charge in [0.1, 0.15) is 0 Å². The summed E-state index contributed by atoms with van der Waals surface area (Å²) < 4.78 is 5.76. The van der Waals surface area contributed by atoms with Crippen LogP contribution < -0.4 is 0 Å². The first-order valence-electron chi connectivity index (χ1n) is 5.85. The Hall–Kier alpha value is -0.0400. The van der Waals surface area contributed by atoms with E-state index in [2.05, 4.69) is 13.8 Å². The van der Waals surface area contributed by atoms with Crippen molar-refractivity contribution in [2.75, 3.05) is 13.2 Å². The van der Waals surface area contributed by atoms with Gasteiger partial charge in [0.05, 0.1) is 0 Å². The fourth-order valence-corrected chi connectivity index (χ4v) is 2.04. The van der Waals surface area contributed by atoms with Crippen LogP contribution >= 0.6 is 0 Å². The second kappa shape index (κ2) is 4.00. The fraction of sp³-hybridized carbons (Fsp3) is 1.00. The Morgan fingerprint density at radius 2 is 1.31 bits per heavy atom. The lowest BCUT2D eigenvalue weighted by molar-refractivity contribution is 0.0690. The topological polar surface area (TPSA) is 9.23 Å². The van der Waals surface area contributed by atoms with Gasteiger partial charge >= 0.3 is 0 Å². The lowest BCUT2D eigenvalue weighted by Crippen LogP contribution is -2.13. The molecule has 13 heavy (non-hydrogen) atoms. The maximum absolute atomic E-state index is 5.76. The lowest BCUT2D eigenvalue weighted by Gasteiger charge is -2.14. The zero-order valence-corrected chi connectivity index (χ0v) is 8.96. The number of ether oxygens (including phenoxy) is 1. The average molecular weight is 182 g/mol. The molecule has 76 valence electrons. The highest BCUT2D eigenvalue weighted by Gasteiger charge is 2.30. The van der Waals surface area contributed by atoms with Gasteiger partial charge in [-0.25, -0.2) is 0 Å². The SMILES string of the molecule is CC(COCC(C)C1CC1)C1CC1. The minimum Gasteiger partial charge on any atom is -0.381 e. The van der Waals surface area contributed by atoms with E-state index in [9.17, 15) is 0 Å². The summed E-state index contributed by atoms with van der Waals surface area (Å²) in [6, 6.07) is 0. The molecular weight excluding hydrogens is 160 g/mol. The summed E-state index contributed by atoms with van der Waals surface area (Å²) in [5.74, 6) is 3.62. The van der Waals surface area contributed by atoms with Crippen LogP contribution in [0, 0.1) is 23.7 Å². The molecule has 0 bridgehead atoms. The van der Waals surface area contributed by atoms with E-state index in [-0.39, 0.29) is 0 Å². The highest BCUT2D eigenvalue weighted by molar-refractivity contribution is 4.80. The van der Waals surface area contributed by atoms with E-state index in [0.717, 1.165) is 36.9 Å². The number of hydrogen-bond acceptors (Lipinski definition) is 1. The largest absolute Gasteiger partial charge is 0.381 e. The summed E-state index contributed by atoms with van der Waals surface area (Å²) >= 11 is 0. The molecule has 1 nitrogen and oxygen atoms in total. The minimum atomic E-state index is 0.811. The third-order valence-corrected chi connectivity index (χ3v) is 3.61. The summed E-state index contributed by atoms with van der Waals surface area (Å²) in [4.78, 5) is 0. The van der Waals surface area contributed by atoms with Crippen LogP contribution in [0.25, 0.3) is 0 Å². The Labute approximate surface area is 81.9 Å². The van der Waals surface area contributed by atoms with Crippen LogP contribution in [0.5, 0.6) is 0 Å². The highest BCUT2D eigenvalue weighted by Crippen LogP contribution is 2.38. The van der Waals surface area contributed by atoms with E-state index in [4.69, 9.17) is 4.74 Å². The van der Waals surface area contributed by atoms with Crippen molar-refractivity contribution in [2.45, 2.75) is 39.5 Å². The second-order valence-corrected chi connectivity index (χ2v) is 5.17. The third-order valence-electron chi connectivity index (χ3n) is 3.61. The van der Waals surface area contributed by atoms with E-state index >= 15 is 0 Å². The van der Waals surface area contributed by atoms with Crippen LogP contribution in [-0.4, -0.2) is 13.2 Å². The van der Waals surface area contributed by atoms with Gasteiger partial charge in [-0.05, 0) is 49.4 Å². The lowest BCUT2D eigenvalue weighted by atomic mass is 10.1. The summed E-state index contributed by atoms with van der Waals surface area (Å²) in [6.45, 7) is 6.67. The van der Waals surface area contributed by atoms with Crippen molar-refractivity contribution in [3.63, 3.8) is 0 Å². The zero-order valence-electron chi connectivity index (χ0n) is 8.96. The molecule has 1 heteroatoms. The predicted molar refractivity (Wildman–Crippen MR) is 54.6 cm³/mol. The maximum atomic E-state index is 5.76. The van der Waals surface area contributed by atoms with E-state index in [1.165, 1.54) is 25.7 Å². The molecule has 0 aromatic rings. The molecule has 2 rings (SSSR count). The van der Waals surface area contributed by atoms with Gasteiger partial charge in [-0.3, -0.25) is 0 Å². The van der Waals surface area contributed by atoms with Gasteiger partial charge in [-0.2, -0.15) is 0 Å². The monoisotopic (exact) mass is 182 g/mol. The molecule has 0 aliphatic heterocycles. The molecule has 0 saturated heterocycles. The van der Waals surface area contributed by atoms with Gasteiger partial charge in [0.15, 0.2) is 0 Å². The van der Waals surface area contributed by atoms with Gasteiger partial charge in [0.2, 0.25) is 0 Å².